The summed E-state index contributed by atoms with van der Waals surface area (Å²) in [5.41, 5.74) is 0.867. The predicted molar refractivity (Wildman–Crippen MR) is 56.0 cm³/mol. The van der Waals surface area contributed by atoms with Crippen LogP contribution in [0, 0.1) is 6.92 Å². The van der Waals surface area contributed by atoms with Crippen LogP contribution in [0.5, 0.6) is 0 Å². The van der Waals surface area contributed by atoms with Crippen molar-refractivity contribution >= 4 is 11.9 Å². The molecule has 0 aliphatic carbocycles. The maximum atomic E-state index is 11.8. The molecule has 0 bridgehead atoms. The summed E-state index contributed by atoms with van der Waals surface area (Å²) >= 11 is 0. The second kappa shape index (κ2) is 5.20. The first-order chi connectivity index (χ1) is 7.54. The molecule has 0 atom stereocenters. The first kappa shape index (κ1) is 12.1. The highest BCUT2D eigenvalue weighted by Gasteiger charge is 2.17. The van der Waals surface area contributed by atoms with E-state index in [4.69, 9.17) is 5.11 Å². The molecule has 0 saturated carbocycles. The minimum Gasteiger partial charge on any atom is -0.480 e. The molecule has 1 aromatic rings. The van der Waals surface area contributed by atoms with Gasteiger partial charge in [0, 0.05) is 12.7 Å². The Morgan fingerprint density at radius 2 is 2.06 bits per heavy atom. The summed E-state index contributed by atoms with van der Waals surface area (Å²) < 4.78 is 0. The number of hydrogen-bond donors (Lipinski definition) is 1. The zero-order valence-corrected chi connectivity index (χ0v) is 9.17. The maximum Gasteiger partial charge on any atom is 0.323 e. The summed E-state index contributed by atoms with van der Waals surface area (Å²) in [5.74, 6) is -1.47. The van der Waals surface area contributed by atoms with Gasteiger partial charge in [-0.05, 0) is 13.8 Å². The van der Waals surface area contributed by atoms with Gasteiger partial charge in [-0.2, -0.15) is 0 Å². The second-order valence-corrected chi connectivity index (χ2v) is 3.26. The first-order valence-electron chi connectivity index (χ1n) is 4.84. The van der Waals surface area contributed by atoms with Crippen molar-refractivity contribution in [3.05, 3.63) is 23.8 Å². The number of carbonyl (C=O) groups excluding carboxylic acids is 1. The van der Waals surface area contributed by atoms with E-state index in [-0.39, 0.29) is 12.2 Å². The van der Waals surface area contributed by atoms with E-state index in [0.29, 0.717) is 12.2 Å². The molecule has 1 amide bonds. The van der Waals surface area contributed by atoms with Crippen molar-refractivity contribution in [1.29, 1.82) is 0 Å². The van der Waals surface area contributed by atoms with Crippen LogP contribution < -0.4 is 0 Å². The number of carboxylic acids is 1. The fourth-order valence-corrected chi connectivity index (χ4v) is 1.16. The number of carbonyl (C=O) groups is 2. The number of nitrogens with zero attached hydrogens (tertiary/aromatic N) is 3. The van der Waals surface area contributed by atoms with E-state index in [9.17, 15) is 9.59 Å². The van der Waals surface area contributed by atoms with E-state index in [1.165, 1.54) is 17.3 Å². The molecular weight excluding hydrogens is 210 g/mol. The highest BCUT2D eigenvalue weighted by Crippen LogP contribution is 2.00. The molecule has 1 heterocycles. The van der Waals surface area contributed by atoms with Crippen molar-refractivity contribution in [2.24, 2.45) is 0 Å². The Bertz CT molecular complexity index is 389. The molecule has 16 heavy (non-hydrogen) atoms. The minimum absolute atomic E-state index is 0.161. The summed E-state index contributed by atoms with van der Waals surface area (Å²) in [5, 5.41) is 8.62. The maximum absolute atomic E-state index is 11.8. The van der Waals surface area contributed by atoms with E-state index in [1.807, 2.05) is 0 Å². The van der Waals surface area contributed by atoms with Crippen molar-refractivity contribution in [2.45, 2.75) is 13.8 Å². The Balaban J connectivity index is 2.82. The lowest BCUT2D eigenvalue weighted by Gasteiger charge is -2.17. The van der Waals surface area contributed by atoms with Crippen LogP contribution in [-0.4, -0.2) is 44.9 Å². The molecule has 0 aliphatic heterocycles. The van der Waals surface area contributed by atoms with Gasteiger partial charge in [-0.15, -0.1) is 0 Å². The van der Waals surface area contributed by atoms with Crippen LogP contribution in [0.1, 0.15) is 23.1 Å². The number of rotatable bonds is 4. The third-order valence-electron chi connectivity index (χ3n) is 2.00. The molecular formula is C10H13N3O3. The van der Waals surface area contributed by atoms with Crippen molar-refractivity contribution in [3.63, 3.8) is 0 Å². The Morgan fingerprint density at radius 3 is 2.50 bits per heavy atom. The van der Waals surface area contributed by atoms with Gasteiger partial charge >= 0.3 is 5.97 Å². The van der Waals surface area contributed by atoms with Crippen molar-refractivity contribution < 1.29 is 14.7 Å². The number of amides is 1. The zero-order chi connectivity index (χ0) is 12.1. The SMILES string of the molecule is CCN(CC(=O)O)C(=O)c1cnc(C)cn1. The highest BCUT2D eigenvalue weighted by atomic mass is 16.4. The van der Waals surface area contributed by atoms with E-state index in [1.54, 1.807) is 13.8 Å². The molecule has 86 valence electrons. The number of likely N-dealkylation sites (N-methyl/N-ethyl adjacent to an activating group) is 1. The van der Waals surface area contributed by atoms with Crippen LogP contribution in [0.25, 0.3) is 0 Å². The van der Waals surface area contributed by atoms with Gasteiger partial charge in [0.1, 0.15) is 12.2 Å². The molecule has 6 heteroatoms. The Hall–Kier alpha value is -1.98. The highest BCUT2D eigenvalue weighted by molar-refractivity contribution is 5.93. The fourth-order valence-electron chi connectivity index (χ4n) is 1.16. The summed E-state index contributed by atoms with van der Waals surface area (Å²) in [6.45, 7) is 3.46. The van der Waals surface area contributed by atoms with Crippen LogP contribution in [-0.2, 0) is 4.79 Å². The third-order valence-corrected chi connectivity index (χ3v) is 2.00. The molecule has 0 aliphatic rings. The normalized spacial score (nSPS) is 9.88. The standard InChI is InChI=1S/C10H13N3O3/c1-3-13(6-9(14)15)10(16)8-5-11-7(2)4-12-8/h4-5H,3,6H2,1-2H3,(H,14,15). The van der Waals surface area contributed by atoms with Gasteiger partial charge in [0.2, 0.25) is 0 Å². The molecule has 1 N–H and O–H groups in total. The van der Waals surface area contributed by atoms with Crippen molar-refractivity contribution in [1.82, 2.24) is 14.9 Å². The number of hydrogen-bond acceptors (Lipinski definition) is 4. The Morgan fingerprint density at radius 1 is 1.38 bits per heavy atom. The van der Waals surface area contributed by atoms with E-state index >= 15 is 0 Å². The molecule has 6 nitrogen and oxygen atoms in total. The van der Waals surface area contributed by atoms with Crippen LogP contribution in [0.4, 0.5) is 0 Å². The Kier molecular flexibility index (Phi) is 3.93. The smallest absolute Gasteiger partial charge is 0.323 e. The summed E-state index contributed by atoms with van der Waals surface area (Å²) in [6, 6.07) is 0. The van der Waals surface area contributed by atoms with E-state index in [2.05, 4.69) is 9.97 Å². The lowest BCUT2D eigenvalue weighted by Crippen LogP contribution is -2.36. The molecule has 0 spiro atoms. The van der Waals surface area contributed by atoms with Crippen molar-refractivity contribution in [3.8, 4) is 0 Å². The minimum atomic E-state index is -1.05. The van der Waals surface area contributed by atoms with E-state index in [0.717, 1.165) is 0 Å². The monoisotopic (exact) mass is 223 g/mol. The van der Waals surface area contributed by atoms with Gasteiger partial charge < -0.3 is 10.0 Å². The van der Waals surface area contributed by atoms with Gasteiger partial charge in [-0.1, -0.05) is 0 Å². The van der Waals surface area contributed by atoms with Crippen molar-refractivity contribution in [2.75, 3.05) is 13.1 Å². The lowest BCUT2D eigenvalue weighted by atomic mass is 10.3. The molecule has 0 aromatic carbocycles. The van der Waals surface area contributed by atoms with Gasteiger partial charge in [0.05, 0.1) is 11.9 Å². The van der Waals surface area contributed by atoms with Crippen LogP contribution in [0.15, 0.2) is 12.4 Å². The largest absolute Gasteiger partial charge is 0.480 e. The summed E-state index contributed by atoms with van der Waals surface area (Å²) in [7, 11) is 0. The van der Waals surface area contributed by atoms with Gasteiger partial charge in [-0.3, -0.25) is 14.6 Å². The number of carboxylic acid groups (broad SMARTS) is 1. The van der Waals surface area contributed by atoms with Gasteiger partial charge in [-0.25, -0.2) is 4.98 Å². The molecule has 1 rings (SSSR count). The van der Waals surface area contributed by atoms with E-state index < -0.39 is 11.9 Å². The number of aliphatic carboxylic acids is 1. The summed E-state index contributed by atoms with van der Waals surface area (Å²) in [4.78, 5) is 31.4. The zero-order valence-electron chi connectivity index (χ0n) is 9.17. The average molecular weight is 223 g/mol. The van der Waals surface area contributed by atoms with Crippen LogP contribution in [0.2, 0.25) is 0 Å². The first-order valence-corrected chi connectivity index (χ1v) is 4.84. The number of aryl methyl sites for hydroxylation is 1. The quantitative estimate of drug-likeness (QED) is 0.795. The lowest BCUT2D eigenvalue weighted by molar-refractivity contribution is -0.137. The van der Waals surface area contributed by atoms with Gasteiger partial charge in [0.15, 0.2) is 0 Å². The average Bonchev–Trinajstić information content (AvgIpc) is 2.25. The topological polar surface area (TPSA) is 83.4 Å². The summed E-state index contributed by atoms with van der Waals surface area (Å²) in [6.07, 6.45) is 2.82. The Labute approximate surface area is 92.9 Å². The molecule has 0 radical (unpaired) electrons. The molecule has 0 fully saturated rings. The predicted octanol–water partition coefficient (Wildman–Crippen LogP) is 0.332. The van der Waals surface area contributed by atoms with Crippen LogP contribution in [0.3, 0.4) is 0 Å². The second-order valence-electron chi connectivity index (χ2n) is 3.26. The molecule has 0 unspecified atom stereocenters. The number of aromatic nitrogens is 2. The van der Waals surface area contributed by atoms with Crippen LogP contribution >= 0.6 is 0 Å². The van der Waals surface area contributed by atoms with Gasteiger partial charge in [0.25, 0.3) is 5.91 Å². The molecule has 0 saturated heterocycles. The molecule has 1 aromatic heterocycles. The third kappa shape index (κ3) is 3.01. The fraction of sp³-hybridized carbons (Fsp3) is 0.400.